The SMILES string of the molecule is O=c1cc[nH]n1-c1ccccc1.P. The topological polar surface area (TPSA) is 37.8 Å². The molecule has 1 atom stereocenters. The Bertz CT molecular complexity index is 418. The Morgan fingerprint density at radius 3 is 2.31 bits per heavy atom. The Hall–Kier alpha value is -1.34. The zero-order valence-electron chi connectivity index (χ0n) is 7.10. The highest BCUT2D eigenvalue weighted by Crippen LogP contribution is 2.00. The molecule has 1 N–H and O–H groups in total. The normalized spacial score (nSPS) is 9.23. The van der Waals surface area contributed by atoms with E-state index >= 15 is 0 Å². The van der Waals surface area contributed by atoms with Crippen LogP contribution in [-0.4, -0.2) is 9.78 Å². The Kier molecular flexibility index (Phi) is 3.04. The second-order valence-electron chi connectivity index (χ2n) is 2.47. The number of para-hydroxylation sites is 1. The molecule has 0 aliphatic rings. The average molecular weight is 194 g/mol. The molecule has 4 heteroatoms. The second kappa shape index (κ2) is 4.06. The van der Waals surface area contributed by atoms with E-state index < -0.39 is 0 Å². The molecule has 0 aliphatic heterocycles. The monoisotopic (exact) mass is 194 g/mol. The molecular weight excluding hydrogens is 183 g/mol. The first-order valence-electron chi connectivity index (χ1n) is 3.70. The minimum absolute atomic E-state index is 0. The van der Waals surface area contributed by atoms with E-state index in [9.17, 15) is 4.79 Å². The number of hydrogen-bond acceptors (Lipinski definition) is 1. The molecular formula is C9H11N2OP. The Balaban J connectivity index is 0.000000845. The summed E-state index contributed by atoms with van der Waals surface area (Å²) in [5.74, 6) is 0. The third-order valence-electron chi connectivity index (χ3n) is 1.66. The molecule has 3 nitrogen and oxygen atoms in total. The van der Waals surface area contributed by atoms with Gasteiger partial charge in [-0.1, -0.05) is 18.2 Å². The lowest BCUT2D eigenvalue weighted by Gasteiger charge is -1.98. The summed E-state index contributed by atoms with van der Waals surface area (Å²) < 4.78 is 1.49. The van der Waals surface area contributed by atoms with Crippen molar-refractivity contribution in [2.45, 2.75) is 0 Å². The van der Waals surface area contributed by atoms with Crippen LogP contribution < -0.4 is 5.56 Å². The lowest BCUT2D eigenvalue weighted by atomic mass is 10.3. The summed E-state index contributed by atoms with van der Waals surface area (Å²) in [5, 5.41) is 2.83. The van der Waals surface area contributed by atoms with Gasteiger partial charge >= 0.3 is 0 Å². The highest BCUT2D eigenvalue weighted by atomic mass is 31.0. The summed E-state index contributed by atoms with van der Waals surface area (Å²) in [6.45, 7) is 0. The van der Waals surface area contributed by atoms with E-state index in [2.05, 4.69) is 5.10 Å². The number of aromatic amines is 1. The van der Waals surface area contributed by atoms with E-state index in [4.69, 9.17) is 0 Å². The third kappa shape index (κ3) is 1.87. The van der Waals surface area contributed by atoms with Gasteiger partial charge in [-0.3, -0.25) is 9.89 Å². The van der Waals surface area contributed by atoms with E-state index in [0.717, 1.165) is 5.69 Å². The van der Waals surface area contributed by atoms with E-state index in [1.807, 2.05) is 30.3 Å². The van der Waals surface area contributed by atoms with E-state index in [1.54, 1.807) is 6.20 Å². The summed E-state index contributed by atoms with van der Waals surface area (Å²) in [6, 6.07) is 10.9. The standard InChI is InChI=1S/C9H8N2O.H3P/c12-9-6-7-10-11(9)8-4-2-1-3-5-8;/h1-7,10H;1H3. The van der Waals surface area contributed by atoms with Crippen molar-refractivity contribution in [3.63, 3.8) is 0 Å². The molecule has 0 saturated carbocycles. The average Bonchev–Trinajstić information content (AvgIpc) is 2.53. The predicted molar refractivity (Wildman–Crippen MR) is 57.5 cm³/mol. The summed E-state index contributed by atoms with van der Waals surface area (Å²) in [7, 11) is 0. The summed E-state index contributed by atoms with van der Waals surface area (Å²) in [6.07, 6.45) is 1.62. The van der Waals surface area contributed by atoms with Crippen molar-refractivity contribution in [3.05, 3.63) is 52.9 Å². The van der Waals surface area contributed by atoms with Crippen molar-refractivity contribution in [3.8, 4) is 5.69 Å². The molecule has 0 fully saturated rings. The highest BCUT2D eigenvalue weighted by Gasteiger charge is 1.96. The smallest absolute Gasteiger partial charge is 0.271 e. The van der Waals surface area contributed by atoms with Gasteiger partial charge in [-0.25, -0.2) is 4.68 Å². The first kappa shape index (κ1) is 9.75. The maximum absolute atomic E-state index is 11.2. The van der Waals surface area contributed by atoms with Crippen LogP contribution in [-0.2, 0) is 0 Å². The summed E-state index contributed by atoms with van der Waals surface area (Å²) in [4.78, 5) is 11.2. The lowest BCUT2D eigenvalue weighted by molar-refractivity contribution is 0.849. The van der Waals surface area contributed by atoms with Crippen molar-refractivity contribution in [2.75, 3.05) is 0 Å². The van der Waals surface area contributed by atoms with Gasteiger partial charge in [0.2, 0.25) is 0 Å². The molecule has 0 amide bonds. The Labute approximate surface area is 79.0 Å². The van der Waals surface area contributed by atoms with Gasteiger partial charge in [0.05, 0.1) is 5.69 Å². The van der Waals surface area contributed by atoms with Crippen LogP contribution in [0, 0.1) is 0 Å². The molecule has 1 heterocycles. The molecule has 1 aromatic heterocycles. The van der Waals surface area contributed by atoms with Crippen LogP contribution in [0.3, 0.4) is 0 Å². The molecule has 0 spiro atoms. The van der Waals surface area contributed by atoms with Gasteiger partial charge in [0.15, 0.2) is 0 Å². The van der Waals surface area contributed by atoms with Gasteiger partial charge in [-0.15, -0.1) is 0 Å². The molecule has 2 aromatic rings. The van der Waals surface area contributed by atoms with Crippen LogP contribution in [0.5, 0.6) is 0 Å². The van der Waals surface area contributed by atoms with Crippen LogP contribution in [0.15, 0.2) is 47.4 Å². The first-order chi connectivity index (χ1) is 5.88. The van der Waals surface area contributed by atoms with Gasteiger partial charge in [0.25, 0.3) is 5.56 Å². The van der Waals surface area contributed by atoms with Gasteiger partial charge in [0.1, 0.15) is 0 Å². The zero-order chi connectivity index (χ0) is 8.39. The maximum atomic E-state index is 11.2. The predicted octanol–water partition coefficient (Wildman–Crippen LogP) is 1.22. The van der Waals surface area contributed by atoms with Crippen LogP contribution in [0.25, 0.3) is 5.69 Å². The van der Waals surface area contributed by atoms with Crippen molar-refractivity contribution < 1.29 is 0 Å². The van der Waals surface area contributed by atoms with Gasteiger partial charge in [-0.05, 0) is 12.1 Å². The molecule has 1 aromatic carbocycles. The number of hydrogen-bond donors (Lipinski definition) is 1. The van der Waals surface area contributed by atoms with Crippen LogP contribution >= 0.6 is 9.90 Å². The van der Waals surface area contributed by atoms with E-state index in [-0.39, 0.29) is 15.5 Å². The first-order valence-corrected chi connectivity index (χ1v) is 3.70. The minimum Gasteiger partial charge on any atom is -0.298 e. The van der Waals surface area contributed by atoms with Gasteiger partial charge < -0.3 is 0 Å². The molecule has 0 radical (unpaired) electrons. The number of benzene rings is 1. The summed E-state index contributed by atoms with van der Waals surface area (Å²) >= 11 is 0. The second-order valence-corrected chi connectivity index (χ2v) is 2.47. The zero-order valence-corrected chi connectivity index (χ0v) is 8.52. The molecule has 0 bridgehead atoms. The third-order valence-corrected chi connectivity index (χ3v) is 1.66. The van der Waals surface area contributed by atoms with E-state index in [0.29, 0.717) is 0 Å². The van der Waals surface area contributed by atoms with Crippen LogP contribution in [0.1, 0.15) is 0 Å². The quantitative estimate of drug-likeness (QED) is 0.681. The molecule has 2 rings (SSSR count). The lowest BCUT2D eigenvalue weighted by Crippen LogP contribution is -2.12. The van der Waals surface area contributed by atoms with Gasteiger partial charge in [-0.2, -0.15) is 9.90 Å². The van der Waals surface area contributed by atoms with Crippen molar-refractivity contribution in [2.24, 2.45) is 0 Å². The molecule has 0 saturated heterocycles. The molecule has 13 heavy (non-hydrogen) atoms. The van der Waals surface area contributed by atoms with Gasteiger partial charge in [0, 0.05) is 12.3 Å². The molecule has 0 aliphatic carbocycles. The molecule has 1 unspecified atom stereocenters. The van der Waals surface area contributed by atoms with Crippen molar-refractivity contribution in [1.82, 2.24) is 9.78 Å². The van der Waals surface area contributed by atoms with Crippen LogP contribution in [0.2, 0.25) is 0 Å². The largest absolute Gasteiger partial charge is 0.298 e. The van der Waals surface area contributed by atoms with E-state index in [1.165, 1.54) is 10.7 Å². The van der Waals surface area contributed by atoms with Crippen molar-refractivity contribution in [1.29, 1.82) is 0 Å². The highest BCUT2D eigenvalue weighted by molar-refractivity contribution is 6.92. The van der Waals surface area contributed by atoms with Crippen LogP contribution in [0.4, 0.5) is 0 Å². The number of rotatable bonds is 1. The number of nitrogens with one attached hydrogen (secondary N) is 1. The fourth-order valence-electron chi connectivity index (χ4n) is 1.10. The Morgan fingerprint density at radius 2 is 1.77 bits per heavy atom. The number of aromatic nitrogens is 2. The Morgan fingerprint density at radius 1 is 1.08 bits per heavy atom. The van der Waals surface area contributed by atoms with Crippen molar-refractivity contribution >= 4 is 9.90 Å². The minimum atomic E-state index is -0.0406. The number of nitrogens with zero attached hydrogens (tertiary/aromatic N) is 1. The summed E-state index contributed by atoms with van der Waals surface area (Å²) in [5.41, 5.74) is 0.814. The maximum Gasteiger partial charge on any atom is 0.271 e. The molecule has 68 valence electrons. The fourth-order valence-corrected chi connectivity index (χ4v) is 1.10. The number of H-pyrrole nitrogens is 1. The fraction of sp³-hybridized carbons (Fsp3) is 0.